The summed E-state index contributed by atoms with van der Waals surface area (Å²) in [5, 5.41) is 2.90. The number of amides is 1. The quantitative estimate of drug-likeness (QED) is 0.538. The Morgan fingerprint density at radius 3 is 2.19 bits per heavy atom. The van der Waals surface area contributed by atoms with Gasteiger partial charge in [0, 0.05) is 37.3 Å². The molecule has 0 aliphatic heterocycles. The lowest BCUT2D eigenvalue weighted by Crippen LogP contribution is -2.25. The van der Waals surface area contributed by atoms with E-state index in [1.165, 1.54) is 6.92 Å². The van der Waals surface area contributed by atoms with Gasteiger partial charge in [0.2, 0.25) is 0 Å². The van der Waals surface area contributed by atoms with Crippen LogP contribution in [0.15, 0.2) is 72.9 Å². The van der Waals surface area contributed by atoms with Crippen LogP contribution >= 0.6 is 0 Å². The van der Waals surface area contributed by atoms with Crippen LogP contribution in [0.25, 0.3) is 11.1 Å². The molecular weight excluding hydrogens is 340 g/mol. The summed E-state index contributed by atoms with van der Waals surface area (Å²) in [6.45, 7) is 1.91. The first kappa shape index (κ1) is 18.3. The average molecular weight is 360 g/mol. The van der Waals surface area contributed by atoms with Gasteiger partial charge in [0.1, 0.15) is 5.75 Å². The minimum Gasteiger partial charge on any atom is -0.427 e. The van der Waals surface area contributed by atoms with E-state index < -0.39 is 0 Å². The van der Waals surface area contributed by atoms with Gasteiger partial charge < -0.3 is 10.1 Å². The van der Waals surface area contributed by atoms with Crippen molar-refractivity contribution < 1.29 is 14.3 Å². The number of carbonyl (C=O) groups excluding carboxylic acids is 2. The molecule has 0 atom stereocenters. The van der Waals surface area contributed by atoms with Crippen LogP contribution in [0.2, 0.25) is 0 Å². The Morgan fingerprint density at radius 1 is 0.926 bits per heavy atom. The number of aromatic nitrogens is 1. The molecule has 0 spiro atoms. The first-order chi connectivity index (χ1) is 13.1. The number of pyridine rings is 1. The topological polar surface area (TPSA) is 68.3 Å². The summed E-state index contributed by atoms with van der Waals surface area (Å²) in [5.41, 5.74) is 3.52. The van der Waals surface area contributed by atoms with Crippen molar-refractivity contribution >= 4 is 11.9 Å². The Hall–Kier alpha value is -3.47. The van der Waals surface area contributed by atoms with Gasteiger partial charge in [0.25, 0.3) is 5.91 Å². The third-order valence-corrected chi connectivity index (χ3v) is 3.99. The first-order valence-electron chi connectivity index (χ1n) is 8.69. The largest absolute Gasteiger partial charge is 0.427 e. The predicted octanol–water partition coefficient (Wildman–Crippen LogP) is 3.65. The van der Waals surface area contributed by atoms with Crippen LogP contribution in [-0.4, -0.2) is 23.4 Å². The van der Waals surface area contributed by atoms with E-state index in [9.17, 15) is 9.59 Å². The predicted molar refractivity (Wildman–Crippen MR) is 103 cm³/mol. The fourth-order valence-electron chi connectivity index (χ4n) is 2.65. The zero-order chi connectivity index (χ0) is 19.1. The van der Waals surface area contributed by atoms with Crippen molar-refractivity contribution in [2.75, 3.05) is 6.54 Å². The highest BCUT2D eigenvalue weighted by Crippen LogP contribution is 2.23. The molecule has 5 nitrogen and oxygen atoms in total. The SMILES string of the molecule is CC(=O)Oc1ccc(-c2ccc(C(=O)NCCc3ccccn3)cc2)cc1. The van der Waals surface area contributed by atoms with Crippen LogP contribution in [0.5, 0.6) is 5.75 Å². The van der Waals surface area contributed by atoms with Crippen molar-refractivity contribution in [2.24, 2.45) is 0 Å². The van der Waals surface area contributed by atoms with E-state index in [4.69, 9.17) is 4.74 Å². The minimum absolute atomic E-state index is 0.109. The van der Waals surface area contributed by atoms with Gasteiger partial charge in [-0.2, -0.15) is 0 Å². The van der Waals surface area contributed by atoms with Gasteiger partial charge in [-0.15, -0.1) is 0 Å². The Balaban J connectivity index is 1.57. The third kappa shape index (κ3) is 5.25. The number of esters is 1. The molecule has 5 heteroatoms. The van der Waals surface area contributed by atoms with Gasteiger partial charge in [-0.3, -0.25) is 14.6 Å². The number of nitrogens with one attached hydrogen (secondary N) is 1. The Kier molecular flexibility index (Phi) is 5.94. The van der Waals surface area contributed by atoms with Crippen molar-refractivity contribution in [2.45, 2.75) is 13.3 Å². The highest BCUT2D eigenvalue weighted by molar-refractivity contribution is 5.94. The molecule has 0 fully saturated rings. The van der Waals surface area contributed by atoms with E-state index in [1.807, 2.05) is 42.5 Å². The summed E-state index contributed by atoms with van der Waals surface area (Å²) >= 11 is 0. The normalized spacial score (nSPS) is 10.3. The molecular formula is C22H20N2O3. The molecule has 1 aromatic heterocycles. The van der Waals surface area contributed by atoms with E-state index >= 15 is 0 Å². The molecule has 0 aliphatic carbocycles. The molecule has 0 bridgehead atoms. The second-order valence-corrected chi connectivity index (χ2v) is 6.02. The molecule has 27 heavy (non-hydrogen) atoms. The molecule has 0 aliphatic rings. The lowest BCUT2D eigenvalue weighted by atomic mass is 10.0. The number of rotatable bonds is 6. The van der Waals surface area contributed by atoms with Crippen molar-refractivity contribution in [1.29, 1.82) is 0 Å². The van der Waals surface area contributed by atoms with Gasteiger partial charge in [-0.1, -0.05) is 30.3 Å². The molecule has 0 saturated carbocycles. The third-order valence-electron chi connectivity index (χ3n) is 3.99. The Morgan fingerprint density at radius 2 is 1.59 bits per heavy atom. The van der Waals surface area contributed by atoms with Crippen molar-refractivity contribution in [1.82, 2.24) is 10.3 Å². The molecule has 0 saturated heterocycles. The highest BCUT2D eigenvalue weighted by atomic mass is 16.5. The molecule has 1 heterocycles. The summed E-state index contributed by atoms with van der Waals surface area (Å²) in [6, 6.07) is 20.4. The van der Waals surface area contributed by atoms with E-state index in [2.05, 4.69) is 10.3 Å². The maximum atomic E-state index is 12.3. The zero-order valence-electron chi connectivity index (χ0n) is 15.0. The molecule has 0 unspecified atom stereocenters. The van der Waals surface area contributed by atoms with Crippen molar-refractivity contribution in [3.63, 3.8) is 0 Å². The molecule has 136 valence electrons. The molecule has 3 rings (SSSR count). The van der Waals surface area contributed by atoms with Gasteiger partial charge >= 0.3 is 5.97 Å². The van der Waals surface area contributed by atoms with E-state index in [0.717, 1.165) is 16.8 Å². The highest BCUT2D eigenvalue weighted by Gasteiger charge is 2.06. The second-order valence-electron chi connectivity index (χ2n) is 6.02. The van der Waals surface area contributed by atoms with Gasteiger partial charge in [-0.05, 0) is 47.5 Å². The molecule has 3 aromatic rings. The van der Waals surface area contributed by atoms with Gasteiger partial charge in [-0.25, -0.2) is 0 Å². The number of benzene rings is 2. The van der Waals surface area contributed by atoms with Crippen LogP contribution in [-0.2, 0) is 11.2 Å². The number of hydrogen-bond donors (Lipinski definition) is 1. The maximum absolute atomic E-state index is 12.3. The standard InChI is InChI=1S/C22H20N2O3/c1-16(25)27-21-11-9-18(10-12-21)17-5-7-19(8-6-17)22(26)24-15-13-20-4-2-3-14-23-20/h2-12,14H,13,15H2,1H3,(H,24,26). The number of nitrogens with zero attached hydrogens (tertiary/aromatic N) is 1. The lowest BCUT2D eigenvalue weighted by Gasteiger charge is -2.07. The van der Waals surface area contributed by atoms with Crippen LogP contribution < -0.4 is 10.1 Å². The van der Waals surface area contributed by atoms with Crippen LogP contribution in [0, 0.1) is 0 Å². The van der Waals surface area contributed by atoms with E-state index in [-0.39, 0.29) is 11.9 Å². The summed E-state index contributed by atoms with van der Waals surface area (Å²) in [7, 11) is 0. The van der Waals surface area contributed by atoms with Crippen LogP contribution in [0.4, 0.5) is 0 Å². The monoisotopic (exact) mass is 360 g/mol. The van der Waals surface area contributed by atoms with Crippen molar-refractivity contribution in [3.05, 3.63) is 84.2 Å². The fourth-order valence-corrected chi connectivity index (χ4v) is 2.65. The van der Waals surface area contributed by atoms with Gasteiger partial charge in [0.05, 0.1) is 0 Å². The molecule has 1 amide bonds. The molecule has 2 aromatic carbocycles. The second kappa shape index (κ2) is 8.76. The summed E-state index contributed by atoms with van der Waals surface area (Å²) in [6.07, 6.45) is 2.44. The zero-order valence-corrected chi connectivity index (χ0v) is 15.0. The number of ether oxygens (including phenoxy) is 1. The molecule has 0 radical (unpaired) electrons. The number of hydrogen-bond acceptors (Lipinski definition) is 4. The minimum atomic E-state index is -0.346. The van der Waals surface area contributed by atoms with E-state index in [1.54, 1.807) is 30.5 Å². The smallest absolute Gasteiger partial charge is 0.308 e. The Bertz CT molecular complexity index is 905. The van der Waals surface area contributed by atoms with Gasteiger partial charge in [0.15, 0.2) is 0 Å². The number of carbonyl (C=O) groups is 2. The fraction of sp³-hybridized carbons (Fsp3) is 0.136. The average Bonchev–Trinajstić information content (AvgIpc) is 2.69. The summed E-state index contributed by atoms with van der Waals surface area (Å²) in [4.78, 5) is 27.4. The van der Waals surface area contributed by atoms with Crippen molar-refractivity contribution in [3.8, 4) is 16.9 Å². The first-order valence-corrected chi connectivity index (χ1v) is 8.69. The van der Waals surface area contributed by atoms with Crippen LogP contribution in [0.3, 0.4) is 0 Å². The summed E-state index contributed by atoms with van der Waals surface area (Å²) < 4.78 is 5.03. The lowest BCUT2D eigenvalue weighted by molar-refractivity contribution is -0.131. The molecule has 1 N–H and O–H groups in total. The van der Waals surface area contributed by atoms with Crippen LogP contribution in [0.1, 0.15) is 23.0 Å². The maximum Gasteiger partial charge on any atom is 0.308 e. The Labute approximate surface area is 158 Å². The van der Waals surface area contributed by atoms with E-state index in [0.29, 0.717) is 24.3 Å². The summed E-state index contributed by atoms with van der Waals surface area (Å²) in [5.74, 6) is 0.0546.